The minimum Gasteiger partial charge on any atom is -0.399 e. The van der Waals surface area contributed by atoms with Crippen LogP contribution in [0.25, 0.3) is 0 Å². The number of hydrogen-bond donors (Lipinski definition) is 1. The van der Waals surface area contributed by atoms with Gasteiger partial charge >= 0.3 is 0 Å². The molecule has 0 saturated carbocycles. The molecule has 2 N–H and O–H groups in total. The van der Waals surface area contributed by atoms with Crippen LogP contribution < -0.4 is 5.73 Å². The van der Waals surface area contributed by atoms with Gasteiger partial charge in [0, 0.05) is 5.70 Å². The lowest BCUT2D eigenvalue weighted by atomic mass is 10.4. The van der Waals surface area contributed by atoms with Crippen molar-refractivity contribution in [3.63, 3.8) is 0 Å². The summed E-state index contributed by atoms with van der Waals surface area (Å²) < 4.78 is 0. The fourth-order valence-electron chi connectivity index (χ4n) is 0.289. The molecule has 0 bridgehead atoms. The summed E-state index contributed by atoms with van der Waals surface area (Å²) in [6, 6.07) is 0. The second-order valence-electron chi connectivity index (χ2n) is 1.29. The first-order valence-corrected chi connectivity index (χ1v) is 3.35. The Kier molecular flexibility index (Phi) is 12.7. The number of rotatable bonds is 1. The van der Waals surface area contributed by atoms with E-state index in [4.69, 9.17) is 5.73 Å². The lowest BCUT2D eigenvalue weighted by molar-refractivity contribution is 1.39. The highest BCUT2D eigenvalue weighted by Gasteiger charge is 1.69. The third kappa shape index (κ3) is 11.1. The van der Waals surface area contributed by atoms with Crippen LogP contribution in [-0.4, -0.2) is 0 Å². The summed E-state index contributed by atoms with van der Waals surface area (Å²) >= 11 is 0. The monoisotopic (exact) mass is 127 g/mol. The molecule has 1 nitrogen and oxygen atoms in total. The molecule has 54 valence electrons. The van der Waals surface area contributed by atoms with E-state index in [1.54, 1.807) is 0 Å². The van der Waals surface area contributed by atoms with Crippen molar-refractivity contribution in [3.8, 4) is 0 Å². The van der Waals surface area contributed by atoms with Gasteiger partial charge in [0.25, 0.3) is 0 Å². The maximum absolute atomic E-state index is 5.36. The molecule has 0 rings (SSSR count). The van der Waals surface area contributed by atoms with Gasteiger partial charge in [0.1, 0.15) is 0 Å². The molecule has 0 spiro atoms. The van der Waals surface area contributed by atoms with Gasteiger partial charge in [-0.05, 0) is 19.9 Å². The van der Waals surface area contributed by atoms with Crippen molar-refractivity contribution in [1.82, 2.24) is 0 Å². The minimum absolute atomic E-state index is 0.822. The van der Waals surface area contributed by atoms with Gasteiger partial charge in [-0.15, -0.1) is 0 Å². The highest BCUT2D eigenvalue weighted by atomic mass is 14.5. The van der Waals surface area contributed by atoms with Gasteiger partial charge < -0.3 is 5.73 Å². The average Bonchev–Trinajstić information content (AvgIpc) is 1.93. The van der Waals surface area contributed by atoms with Crippen LogP contribution >= 0.6 is 0 Å². The van der Waals surface area contributed by atoms with Gasteiger partial charge in [0.2, 0.25) is 0 Å². The SMILES string of the molecule is C/C=C\C(N)=C/C.CC. The first kappa shape index (κ1) is 11.1. The smallest absolute Gasteiger partial charge is 0.0267 e. The third-order valence-corrected chi connectivity index (χ3v) is 0.692. The second-order valence-corrected chi connectivity index (χ2v) is 1.29. The quantitative estimate of drug-likeness (QED) is 0.538. The molecule has 1 heteroatoms. The van der Waals surface area contributed by atoms with Gasteiger partial charge in [-0.3, -0.25) is 0 Å². The van der Waals surface area contributed by atoms with Crippen molar-refractivity contribution in [2.24, 2.45) is 5.73 Å². The van der Waals surface area contributed by atoms with Crippen LogP contribution in [-0.2, 0) is 0 Å². The van der Waals surface area contributed by atoms with Crippen LogP contribution in [0.1, 0.15) is 27.7 Å². The summed E-state index contributed by atoms with van der Waals surface area (Å²) in [4.78, 5) is 0. The topological polar surface area (TPSA) is 26.0 Å². The highest BCUT2D eigenvalue weighted by Crippen LogP contribution is 1.82. The van der Waals surface area contributed by atoms with E-state index in [-0.39, 0.29) is 0 Å². The van der Waals surface area contributed by atoms with Crippen molar-refractivity contribution in [1.29, 1.82) is 0 Å². The number of allylic oxidation sites excluding steroid dienone is 3. The average molecular weight is 127 g/mol. The summed E-state index contributed by atoms with van der Waals surface area (Å²) in [6.45, 7) is 7.85. The maximum Gasteiger partial charge on any atom is 0.0267 e. The van der Waals surface area contributed by atoms with E-state index >= 15 is 0 Å². The molecule has 0 radical (unpaired) electrons. The summed E-state index contributed by atoms with van der Waals surface area (Å²) in [7, 11) is 0. The number of nitrogens with two attached hydrogens (primary N) is 1. The molecule has 0 aliphatic rings. The molecule has 0 aromatic heterocycles. The van der Waals surface area contributed by atoms with E-state index in [0.717, 1.165) is 5.70 Å². The molecule has 0 saturated heterocycles. The van der Waals surface area contributed by atoms with Gasteiger partial charge in [-0.1, -0.05) is 26.0 Å². The van der Waals surface area contributed by atoms with Gasteiger partial charge in [-0.25, -0.2) is 0 Å². The van der Waals surface area contributed by atoms with E-state index in [1.807, 2.05) is 45.9 Å². The molecule has 0 aromatic carbocycles. The molecule has 0 aliphatic heterocycles. The first-order valence-electron chi connectivity index (χ1n) is 3.35. The van der Waals surface area contributed by atoms with Crippen molar-refractivity contribution < 1.29 is 0 Å². The van der Waals surface area contributed by atoms with Crippen molar-refractivity contribution in [2.45, 2.75) is 27.7 Å². The normalized spacial score (nSPS) is 10.9. The Morgan fingerprint density at radius 1 is 1.22 bits per heavy atom. The van der Waals surface area contributed by atoms with Crippen LogP contribution in [0.15, 0.2) is 23.9 Å². The zero-order valence-corrected chi connectivity index (χ0v) is 6.81. The van der Waals surface area contributed by atoms with Crippen molar-refractivity contribution in [3.05, 3.63) is 23.9 Å². The molecule has 0 unspecified atom stereocenters. The maximum atomic E-state index is 5.36. The summed E-state index contributed by atoms with van der Waals surface area (Å²) in [5.74, 6) is 0. The van der Waals surface area contributed by atoms with Crippen LogP contribution in [0.4, 0.5) is 0 Å². The number of hydrogen-bond acceptors (Lipinski definition) is 1. The van der Waals surface area contributed by atoms with E-state index in [9.17, 15) is 0 Å². The van der Waals surface area contributed by atoms with Gasteiger partial charge in [0.05, 0.1) is 0 Å². The summed E-state index contributed by atoms with van der Waals surface area (Å²) in [5.41, 5.74) is 6.18. The van der Waals surface area contributed by atoms with Gasteiger partial charge in [-0.2, -0.15) is 0 Å². The Bertz CT molecular complexity index is 90.7. The zero-order valence-electron chi connectivity index (χ0n) is 6.81. The summed E-state index contributed by atoms with van der Waals surface area (Å²) in [6.07, 6.45) is 5.63. The molecule has 9 heavy (non-hydrogen) atoms. The van der Waals surface area contributed by atoms with Gasteiger partial charge in [0.15, 0.2) is 0 Å². The van der Waals surface area contributed by atoms with Crippen molar-refractivity contribution >= 4 is 0 Å². The zero-order chi connectivity index (χ0) is 7.70. The van der Waals surface area contributed by atoms with Crippen LogP contribution in [0.5, 0.6) is 0 Å². The first-order chi connectivity index (χ1) is 4.31. The van der Waals surface area contributed by atoms with Crippen LogP contribution in [0.2, 0.25) is 0 Å². The van der Waals surface area contributed by atoms with E-state index in [0.29, 0.717) is 0 Å². The molecule has 0 aliphatic carbocycles. The van der Waals surface area contributed by atoms with E-state index in [2.05, 4.69) is 0 Å². The second kappa shape index (κ2) is 10.3. The fourth-order valence-corrected chi connectivity index (χ4v) is 0.289. The van der Waals surface area contributed by atoms with E-state index < -0.39 is 0 Å². The van der Waals surface area contributed by atoms with Crippen LogP contribution in [0, 0.1) is 0 Å². The van der Waals surface area contributed by atoms with Crippen molar-refractivity contribution in [2.75, 3.05) is 0 Å². The largest absolute Gasteiger partial charge is 0.399 e. The Balaban J connectivity index is 0. The predicted molar refractivity (Wildman–Crippen MR) is 44.1 cm³/mol. The van der Waals surface area contributed by atoms with Crippen LogP contribution in [0.3, 0.4) is 0 Å². The molecule has 0 fully saturated rings. The molecule has 0 amide bonds. The minimum atomic E-state index is 0.822. The Labute approximate surface area is 58.3 Å². The highest BCUT2D eigenvalue weighted by molar-refractivity contribution is 5.12. The lowest BCUT2D eigenvalue weighted by Gasteiger charge is -1.83. The Hall–Kier alpha value is -0.720. The standard InChI is InChI=1S/C6H11N.C2H6/c1-3-5-6(7)4-2;1-2/h3-5H,7H2,1-2H3;1-2H3/b5-3-,6-4+;. The molecular formula is C8H17N. The Morgan fingerprint density at radius 2 is 1.67 bits per heavy atom. The third-order valence-electron chi connectivity index (χ3n) is 0.692. The summed E-state index contributed by atoms with van der Waals surface area (Å²) in [5, 5.41) is 0. The molecule has 0 atom stereocenters. The lowest BCUT2D eigenvalue weighted by Crippen LogP contribution is -1.89. The molecule has 0 heterocycles. The van der Waals surface area contributed by atoms with E-state index in [1.165, 1.54) is 0 Å². The Morgan fingerprint density at radius 3 is 1.78 bits per heavy atom. The fraction of sp³-hybridized carbons (Fsp3) is 0.500. The molecule has 0 aromatic rings. The predicted octanol–water partition coefficient (Wildman–Crippen LogP) is 2.45. The molecular weight excluding hydrogens is 110 g/mol.